The summed E-state index contributed by atoms with van der Waals surface area (Å²) in [6, 6.07) is 4.50. The second-order valence-corrected chi connectivity index (χ2v) is 7.08. The first-order valence-corrected chi connectivity index (χ1v) is 8.43. The first-order valence-electron chi connectivity index (χ1n) is 7.64. The van der Waals surface area contributed by atoms with E-state index in [0.717, 1.165) is 29.3 Å². The molecule has 0 radical (unpaired) electrons. The van der Waals surface area contributed by atoms with E-state index in [1.165, 1.54) is 18.6 Å². The van der Waals surface area contributed by atoms with Gasteiger partial charge in [-0.15, -0.1) is 0 Å². The van der Waals surface area contributed by atoms with Crippen LogP contribution in [0.2, 0.25) is 0 Å². The van der Waals surface area contributed by atoms with Crippen LogP contribution in [-0.4, -0.2) is 11.1 Å². The Labute approximate surface area is 133 Å². The molecule has 4 heteroatoms. The number of rotatable bonds is 5. The summed E-state index contributed by atoms with van der Waals surface area (Å²) in [6.07, 6.45) is 6.05. The van der Waals surface area contributed by atoms with Crippen LogP contribution in [0.15, 0.2) is 22.7 Å². The Morgan fingerprint density at radius 1 is 1.43 bits per heavy atom. The van der Waals surface area contributed by atoms with E-state index in [1.807, 2.05) is 0 Å². The molecule has 1 aromatic carbocycles. The second kappa shape index (κ2) is 6.91. The van der Waals surface area contributed by atoms with Crippen LogP contribution in [0.25, 0.3) is 0 Å². The summed E-state index contributed by atoms with van der Waals surface area (Å²) < 4.78 is 14.2. The zero-order chi connectivity index (χ0) is 15.5. The molecule has 1 saturated carbocycles. The molecule has 21 heavy (non-hydrogen) atoms. The largest absolute Gasteiger partial charge is 0.481 e. The predicted molar refractivity (Wildman–Crippen MR) is 84.7 cm³/mol. The molecular weight excluding hydrogens is 335 g/mol. The lowest BCUT2D eigenvalue weighted by atomic mass is 9.67. The molecule has 1 aliphatic rings. The third-order valence-corrected chi connectivity index (χ3v) is 5.52. The number of aliphatic carboxylic acids is 1. The van der Waals surface area contributed by atoms with Gasteiger partial charge in [0.05, 0.1) is 5.41 Å². The molecule has 1 aliphatic carbocycles. The van der Waals surface area contributed by atoms with E-state index in [0.29, 0.717) is 25.2 Å². The smallest absolute Gasteiger partial charge is 0.309 e. The van der Waals surface area contributed by atoms with Crippen LogP contribution in [0, 0.1) is 17.2 Å². The van der Waals surface area contributed by atoms with E-state index in [2.05, 4.69) is 22.9 Å². The molecule has 0 heterocycles. The number of carboxylic acids is 1. The monoisotopic (exact) mass is 356 g/mol. The third-order valence-electron chi connectivity index (χ3n) is 4.75. The summed E-state index contributed by atoms with van der Waals surface area (Å²) in [5, 5.41) is 9.72. The Kier molecular flexibility index (Phi) is 5.42. The van der Waals surface area contributed by atoms with Crippen LogP contribution in [0.3, 0.4) is 0 Å². The van der Waals surface area contributed by atoms with Gasteiger partial charge in [-0.2, -0.15) is 0 Å². The van der Waals surface area contributed by atoms with Gasteiger partial charge in [-0.05, 0) is 61.8 Å². The maximum atomic E-state index is 13.4. The zero-order valence-corrected chi connectivity index (χ0v) is 14.0. The molecule has 0 aromatic heterocycles. The third kappa shape index (κ3) is 3.85. The maximum absolute atomic E-state index is 13.4. The highest BCUT2D eigenvalue weighted by Crippen LogP contribution is 2.44. The minimum atomic E-state index is -0.742. The first kappa shape index (κ1) is 16.5. The minimum Gasteiger partial charge on any atom is -0.481 e. The van der Waals surface area contributed by atoms with Crippen molar-refractivity contribution in [1.29, 1.82) is 0 Å². The van der Waals surface area contributed by atoms with E-state index in [9.17, 15) is 14.3 Å². The topological polar surface area (TPSA) is 37.3 Å². The summed E-state index contributed by atoms with van der Waals surface area (Å²) in [4.78, 5) is 11.8. The van der Waals surface area contributed by atoms with E-state index in [-0.39, 0.29) is 5.82 Å². The number of carbonyl (C=O) groups is 1. The first-order chi connectivity index (χ1) is 9.97. The van der Waals surface area contributed by atoms with E-state index >= 15 is 0 Å². The van der Waals surface area contributed by atoms with Gasteiger partial charge in [0.1, 0.15) is 5.82 Å². The van der Waals surface area contributed by atoms with E-state index < -0.39 is 11.4 Å². The molecule has 0 bridgehead atoms. The van der Waals surface area contributed by atoms with Crippen molar-refractivity contribution < 1.29 is 14.3 Å². The molecule has 0 spiro atoms. The average Bonchev–Trinajstić information content (AvgIpc) is 2.45. The van der Waals surface area contributed by atoms with Gasteiger partial charge in [0.2, 0.25) is 0 Å². The number of carboxylic acid groups (broad SMARTS) is 1. The quantitative estimate of drug-likeness (QED) is 0.787. The second-order valence-electron chi connectivity index (χ2n) is 6.23. The Balaban J connectivity index is 2.17. The fourth-order valence-electron chi connectivity index (χ4n) is 3.44. The Morgan fingerprint density at radius 3 is 2.67 bits per heavy atom. The fourth-order valence-corrected chi connectivity index (χ4v) is 3.82. The van der Waals surface area contributed by atoms with E-state index in [1.54, 1.807) is 6.07 Å². The van der Waals surface area contributed by atoms with Crippen LogP contribution in [0.1, 0.15) is 51.0 Å². The normalized spacial score (nSPS) is 25.8. The molecule has 116 valence electrons. The highest BCUT2D eigenvalue weighted by Gasteiger charge is 2.42. The number of hydrogen-bond acceptors (Lipinski definition) is 1. The summed E-state index contributed by atoms with van der Waals surface area (Å²) in [7, 11) is 0. The SMILES string of the molecule is CCCC1CCC(Cc2cc(F)ccc2Br)(C(=O)O)CC1. The molecule has 1 N–H and O–H groups in total. The summed E-state index contributed by atoms with van der Waals surface area (Å²) in [5.41, 5.74) is 0.0203. The standard InChI is InChI=1S/C17H22BrFO2/c1-2-3-12-6-8-17(9-7-12,16(20)21)11-13-10-14(19)4-5-15(13)18/h4-5,10,12H,2-3,6-9,11H2,1H3,(H,20,21). The van der Waals surface area contributed by atoms with Gasteiger partial charge >= 0.3 is 5.97 Å². The van der Waals surface area contributed by atoms with Gasteiger partial charge in [0.15, 0.2) is 0 Å². The lowest BCUT2D eigenvalue weighted by molar-refractivity contribution is -0.151. The molecule has 1 fully saturated rings. The van der Waals surface area contributed by atoms with Crippen LogP contribution in [0.5, 0.6) is 0 Å². The maximum Gasteiger partial charge on any atom is 0.309 e. The van der Waals surface area contributed by atoms with Crippen molar-refractivity contribution in [2.75, 3.05) is 0 Å². The molecule has 0 unspecified atom stereocenters. The van der Waals surface area contributed by atoms with Crippen LogP contribution >= 0.6 is 15.9 Å². The van der Waals surface area contributed by atoms with Gasteiger partial charge in [-0.3, -0.25) is 4.79 Å². The van der Waals surface area contributed by atoms with Crippen molar-refractivity contribution in [3.8, 4) is 0 Å². The zero-order valence-electron chi connectivity index (χ0n) is 12.4. The van der Waals surface area contributed by atoms with Gasteiger partial charge < -0.3 is 5.11 Å². The summed E-state index contributed by atoms with van der Waals surface area (Å²) >= 11 is 3.41. The van der Waals surface area contributed by atoms with Crippen molar-refractivity contribution in [3.05, 3.63) is 34.1 Å². The van der Waals surface area contributed by atoms with Crippen molar-refractivity contribution >= 4 is 21.9 Å². The van der Waals surface area contributed by atoms with Gasteiger partial charge in [-0.1, -0.05) is 35.7 Å². The number of hydrogen-bond donors (Lipinski definition) is 1. The van der Waals surface area contributed by atoms with Gasteiger partial charge in [-0.25, -0.2) is 4.39 Å². The van der Waals surface area contributed by atoms with Crippen LogP contribution in [0.4, 0.5) is 4.39 Å². The van der Waals surface area contributed by atoms with Crippen molar-refractivity contribution in [3.63, 3.8) is 0 Å². The lowest BCUT2D eigenvalue weighted by Gasteiger charge is -2.37. The Bertz CT molecular complexity index is 508. The molecule has 1 aromatic rings. The van der Waals surface area contributed by atoms with Crippen molar-refractivity contribution in [1.82, 2.24) is 0 Å². The van der Waals surface area contributed by atoms with Gasteiger partial charge in [0.25, 0.3) is 0 Å². The molecule has 0 saturated heterocycles. The molecule has 2 rings (SSSR count). The summed E-state index contributed by atoms with van der Waals surface area (Å²) in [6.45, 7) is 2.17. The minimum absolute atomic E-state index is 0.312. The highest BCUT2D eigenvalue weighted by atomic mass is 79.9. The lowest BCUT2D eigenvalue weighted by Crippen LogP contribution is -2.37. The van der Waals surface area contributed by atoms with Crippen LogP contribution in [-0.2, 0) is 11.2 Å². The number of benzene rings is 1. The Morgan fingerprint density at radius 2 is 2.10 bits per heavy atom. The van der Waals surface area contributed by atoms with E-state index in [4.69, 9.17) is 0 Å². The predicted octanol–water partition coefficient (Wildman–Crippen LogP) is 5.19. The summed E-state index contributed by atoms with van der Waals surface area (Å²) in [5.74, 6) is -0.402. The highest BCUT2D eigenvalue weighted by molar-refractivity contribution is 9.10. The molecule has 0 atom stereocenters. The average molecular weight is 357 g/mol. The number of halogens is 2. The van der Waals surface area contributed by atoms with Gasteiger partial charge in [0, 0.05) is 4.47 Å². The fraction of sp³-hybridized carbons (Fsp3) is 0.588. The molecule has 2 nitrogen and oxygen atoms in total. The van der Waals surface area contributed by atoms with Crippen molar-refractivity contribution in [2.45, 2.75) is 51.9 Å². The molecule has 0 amide bonds. The van der Waals surface area contributed by atoms with Crippen LogP contribution < -0.4 is 0 Å². The Hall–Kier alpha value is -0.900. The van der Waals surface area contributed by atoms with Crippen molar-refractivity contribution in [2.24, 2.45) is 11.3 Å². The molecular formula is C17H22BrFO2. The molecule has 0 aliphatic heterocycles.